The Morgan fingerprint density at radius 3 is 2.47 bits per heavy atom. The number of amides is 2. The number of hydrogen-bond donors (Lipinski definition) is 1. The lowest BCUT2D eigenvalue weighted by Gasteiger charge is -2.28. The fraction of sp³-hybridized carbons (Fsp3) is 0.619. The molecule has 11 heteroatoms. The third-order valence-electron chi connectivity index (χ3n) is 5.20. The van der Waals surface area contributed by atoms with Gasteiger partial charge in [0.1, 0.15) is 22.3 Å². The van der Waals surface area contributed by atoms with Gasteiger partial charge in [-0.2, -0.15) is 4.31 Å². The van der Waals surface area contributed by atoms with Gasteiger partial charge in [-0.3, -0.25) is 9.69 Å². The number of methoxy groups -OCH3 is 1. The summed E-state index contributed by atoms with van der Waals surface area (Å²) in [6.07, 6.45) is 0.636. The summed E-state index contributed by atoms with van der Waals surface area (Å²) in [5.41, 5.74) is -0.363. The molecule has 2 amide bonds. The topological polar surface area (TPSA) is 114 Å². The van der Waals surface area contributed by atoms with Crippen molar-refractivity contribution in [2.75, 3.05) is 45.3 Å². The van der Waals surface area contributed by atoms with E-state index in [2.05, 4.69) is 5.32 Å². The van der Waals surface area contributed by atoms with Gasteiger partial charge in [-0.1, -0.05) is 0 Å². The molecule has 1 unspecified atom stereocenters. The Morgan fingerprint density at radius 1 is 1.16 bits per heavy atom. The van der Waals surface area contributed by atoms with Crippen molar-refractivity contribution < 1.29 is 32.2 Å². The van der Waals surface area contributed by atoms with E-state index in [0.29, 0.717) is 38.3 Å². The van der Waals surface area contributed by atoms with Crippen LogP contribution in [-0.4, -0.2) is 81.2 Å². The summed E-state index contributed by atoms with van der Waals surface area (Å²) < 4.78 is 43.5. The van der Waals surface area contributed by atoms with E-state index in [9.17, 15) is 18.0 Å². The number of likely N-dealkylation sites (tertiary alicyclic amines) is 1. The number of benzene rings is 1. The average Bonchev–Trinajstić information content (AvgIpc) is 3.23. The molecule has 0 radical (unpaired) electrons. The van der Waals surface area contributed by atoms with Crippen LogP contribution in [0, 0.1) is 0 Å². The molecule has 2 aliphatic rings. The van der Waals surface area contributed by atoms with Crippen molar-refractivity contribution in [2.45, 2.75) is 50.2 Å². The smallest absolute Gasteiger partial charge is 0.410 e. The molecule has 2 fully saturated rings. The summed E-state index contributed by atoms with van der Waals surface area (Å²) in [7, 11) is -2.44. The van der Waals surface area contributed by atoms with Crippen LogP contribution in [0.1, 0.15) is 33.6 Å². The van der Waals surface area contributed by atoms with E-state index in [1.54, 1.807) is 26.8 Å². The Labute approximate surface area is 188 Å². The average molecular weight is 470 g/mol. The summed E-state index contributed by atoms with van der Waals surface area (Å²) in [4.78, 5) is 26.8. The lowest BCUT2D eigenvalue weighted by molar-refractivity contribution is -0.120. The van der Waals surface area contributed by atoms with Gasteiger partial charge < -0.3 is 19.5 Å². The van der Waals surface area contributed by atoms with Crippen molar-refractivity contribution in [3.05, 3.63) is 18.2 Å². The van der Waals surface area contributed by atoms with Crippen LogP contribution in [0.5, 0.6) is 5.75 Å². The molecule has 0 aromatic heterocycles. The van der Waals surface area contributed by atoms with Crippen molar-refractivity contribution in [1.82, 2.24) is 9.21 Å². The third-order valence-corrected chi connectivity index (χ3v) is 7.12. The largest absolute Gasteiger partial charge is 0.495 e. The molecule has 2 aliphatic heterocycles. The van der Waals surface area contributed by atoms with Crippen LogP contribution in [0.3, 0.4) is 0 Å². The summed E-state index contributed by atoms with van der Waals surface area (Å²) in [6, 6.07) is 3.77. The van der Waals surface area contributed by atoms with E-state index in [4.69, 9.17) is 14.2 Å². The first-order valence-corrected chi connectivity index (χ1v) is 12.0. The van der Waals surface area contributed by atoms with E-state index in [1.165, 1.54) is 28.4 Å². The van der Waals surface area contributed by atoms with Crippen molar-refractivity contribution in [2.24, 2.45) is 0 Å². The molecular formula is C21H31N3O7S. The van der Waals surface area contributed by atoms with E-state index in [0.717, 1.165) is 0 Å². The van der Waals surface area contributed by atoms with Crippen molar-refractivity contribution in [3.8, 4) is 5.75 Å². The molecule has 1 aromatic rings. The normalized spacial score (nSPS) is 20.1. The first-order valence-electron chi connectivity index (χ1n) is 10.6. The zero-order valence-electron chi connectivity index (χ0n) is 18.9. The third kappa shape index (κ3) is 5.51. The number of nitrogens with one attached hydrogen (secondary N) is 1. The van der Waals surface area contributed by atoms with Crippen molar-refractivity contribution >= 4 is 27.7 Å². The van der Waals surface area contributed by atoms with Crippen LogP contribution in [0.15, 0.2) is 23.1 Å². The highest BCUT2D eigenvalue weighted by Crippen LogP contribution is 2.31. The minimum absolute atomic E-state index is 0.0323. The molecule has 1 aromatic carbocycles. The van der Waals surface area contributed by atoms with Gasteiger partial charge >= 0.3 is 6.09 Å². The van der Waals surface area contributed by atoms with Crippen molar-refractivity contribution in [3.63, 3.8) is 0 Å². The molecule has 1 atom stereocenters. The van der Waals surface area contributed by atoms with Crippen LogP contribution in [0.2, 0.25) is 0 Å². The number of nitrogens with zero attached hydrogens (tertiary/aromatic N) is 2. The fourth-order valence-electron chi connectivity index (χ4n) is 3.69. The summed E-state index contributed by atoms with van der Waals surface area (Å²) >= 11 is 0. The summed E-state index contributed by atoms with van der Waals surface area (Å²) in [5.74, 6) is -0.209. The van der Waals surface area contributed by atoms with Gasteiger partial charge in [0.25, 0.3) is 0 Å². The second-order valence-corrected chi connectivity index (χ2v) is 10.6. The van der Waals surface area contributed by atoms with E-state index in [1.807, 2.05) is 0 Å². The molecule has 2 heterocycles. The van der Waals surface area contributed by atoms with E-state index < -0.39 is 33.7 Å². The maximum absolute atomic E-state index is 13.1. The van der Waals surface area contributed by atoms with Gasteiger partial charge in [0.05, 0.1) is 20.3 Å². The Bertz CT molecular complexity index is 953. The zero-order chi connectivity index (χ0) is 23.5. The number of anilines is 1. The first-order chi connectivity index (χ1) is 15.0. The summed E-state index contributed by atoms with van der Waals surface area (Å²) in [5, 5.41) is 2.75. The van der Waals surface area contributed by atoms with Crippen molar-refractivity contribution in [1.29, 1.82) is 0 Å². The second kappa shape index (κ2) is 9.63. The number of morpholine rings is 1. The van der Waals surface area contributed by atoms with Gasteiger partial charge in [-0.25, -0.2) is 13.2 Å². The minimum Gasteiger partial charge on any atom is -0.495 e. The van der Waals surface area contributed by atoms with Crippen LogP contribution >= 0.6 is 0 Å². The quantitative estimate of drug-likeness (QED) is 0.702. The second-order valence-electron chi connectivity index (χ2n) is 8.70. The van der Waals surface area contributed by atoms with Gasteiger partial charge in [0, 0.05) is 25.3 Å². The predicted octanol–water partition coefficient (Wildman–Crippen LogP) is 2.05. The van der Waals surface area contributed by atoms with E-state index in [-0.39, 0.29) is 23.7 Å². The Hall–Kier alpha value is -2.37. The SMILES string of the molecule is COc1ccc(NC(=O)C2CCCN2C(=O)OC(C)(C)C)cc1S(=O)(=O)N1CCOCC1. The van der Waals surface area contributed by atoms with Crippen LogP contribution in [0.4, 0.5) is 10.5 Å². The molecule has 10 nitrogen and oxygen atoms in total. The molecule has 0 bridgehead atoms. The van der Waals surface area contributed by atoms with Gasteiger partial charge in [0.2, 0.25) is 15.9 Å². The highest BCUT2D eigenvalue weighted by atomic mass is 32.2. The highest BCUT2D eigenvalue weighted by Gasteiger charge is 2.37. The predicted molar refractivity (Wildman–Crippen MR) is 117 cm³/mol. The first kappa shape index (κ1) is 24.3. The standard InChI is InChI=1S/C21H31N3O7S/c1-21(2,3)31-20(26)24-9-5-6-16(24)19(25)22-15-7-8-17(29-4)18(14-15)32(27,28)23-10-12-30-13-11-23/h7-8,14,16H,5-6,9-13H2,1-4H3,(H,22,25). The molecule has 2 saturated heterocycles. The fourth-order valence-corrected chi connectivity index (χ4v) is 5.28. The Morgan fingerprint density at radius 2 is 1.84 bits per heavy atom. The molecule has 0 saturated carbocycles. The lowest BCUT2D eigenvalue weighted by atomic mass is 10.2. The number of ether oxygens (including phenoxy) is 3. The highest BCUT2D eigenvalue weighted by molar-refractivity contribution is 7.89. The molecule has 32 heavy (non-hydrogen) atoms. The number of sulfonamides is 1. The molecule has 1 N–H and O–H groups in total. The van der Waals surface area contributed by atoms with Crippen LogP contribution in [-0.2, 0) is 24.3 Å². The van der Waals surface area contributed by atoms with Crippen LogP contribution in [0.25, 0.3) is 0 Å². The zero-order valence-corrected chi connectivity index (χ0v) is 19.7. The monoisotopic (exact) mass is 469 g/mol. The number of rotatable bonds is 5. The molecule has 178 valence electrons. The maximum atomic E-state index is 13.1. The minimum atomic E-state index is -3.83. The lowest BCUT2D eigenvalue weighted by Crippen LogP contribution is -2.45. The summed E-state index contributed by atoms with van der Waals surface area (Å²) in [6.45, 7) is 6.86. The molecule has 3 rings (SSSR count). The Balaban J connectivity index is 1.79. The number of hydrogen-bond acceptors (Lipinski definition) is 7. The Kier molecular flexibility index (Phi) is 7.31. The number of carbonyl (C=O) groups excluding carboxylic acids is 2. The van der Waals surface area contributed by atoms with Gasteiger partial charge in [-0.05, 0) is 51.8 Å². The maximum Gasteiger partial charge on any atom is 0.410 e. The van der Waals surface area contributed by atoms with Gasteiger partial charge in [0.15, 0.2) is 0 Å². The van der Waals surface area contributed by atoms with Gasteiger partial charge in [-0.15, -0.1) is 0 Å². The molecule has 0 aliphatic carbocycles. The number of carbonyl (C=O) groups is 2. The molecule has 0 spiro atoms. The molecular weight excluding hydrogens is 438 g/mol. The van der Waals surface area contributed by atoms with E-state index >= 15 is 0 Å². The van der Waals surface area contributed by atoms with Crippen LogP contribution < -0.4 is 10.1 Å².